The fourth-order valence-corrected chi connectivity index (χ4v) is 5.98. The topological polar surface area (TPSA) is 87.4 Å². The van der Waals surface area contributed by atoms with Gasteiger partial charge in [-0.3, -0.25) is 14.0 Å². The Balaban J connectivity index is 1.62. The number of rotatable bonds is 8. The number of aliphatic hydroxyl groups excluding tert-OH is 1. The van der Waals surface area contributed by atoms with E-state index in [4.69, 9.17) is 4.74 Å². The Bertz CT molecular complexity index is 1520. The number of ketones is 1. The Labute approximate surface area is 213 Å². The SMILES string of the molecule is COc1ccccc1C1C(C(=O)c2sc3nc4ccccc4n3c2C)=C(O)C(=O)N1CCCN(C)C. The Morgan fingerprint density at radius 2 is 1.89 bits per heavy atom. The van der Waals surface area contributed by atoms with Gasteiger partial charge in [0.15, 0.2) is 10.7 Å². The first kappa shape index (κ1) is 24.0. The van der Waals surface area contributed by atoms with Crippen LogP contribution < -0.4 is 4.74 Å². The molecule has 8 nitrogen and oxygen atoms in total. The van der Waals surface area contributed by atoms with Crippen LogP contribution in [0.25, 0.3) is 16.0 Å². The molecule has 9 heteroatoms. The Morgan fingerprint density at radius 3 is 2.64 bits per heavy atom. The van der Waals surface area contributed by atoms with Crippen LogP contribution in [0.15, 0.2) is 59.9 Å². The number of aromatic nitrogens is 2. The van der Waals surface area contributed by atoms with Crippen LogP contribution in [-0.4, -0.2) is 70.3 Å². The van der Waals surface area contributed by atoms with Crippen LogP contribution in [0, 0.1) is 6.92 Å². The van der Waals surface area contributed by atoms with Crippen LogP contribution in [-0.2, 0) is 4.79 Å². The maximum Gasteiger partial charge on any atom is 0.290 e. The van der Waals surface area contributed by atoms with Crippen molar-refractivity contribution in [2.75, 3.05) is 34.3 Å². The fraction of sp³-hybridized carbons (Fsp3) is 0.296. The molecule has 186 valence electrons. The molecule has 1 atom stereocenters. The molecule has 0 radical (unpaired) electrons. The normalized spacial score (nSPS) is 16.2. The molecule has 0 bridgehead atoms. The average molecular weight is 505 g/mol. The number of ether oxygens (including phenoxy) is 1. The summed E-state index contributed by atoms with van der Waals surface area (Å²) in [5, 5.41) is 11.1. The number of hydrogen-bond acceptors (Lipinski definition) is 7. The number of aryl methyl sites for hydroxylation is 1. The highest BCUT2D eigenvalue weighted by Crippen LogP contribution is 2.43. The minimum atomic E-state index is -0.756. The summed E-state index contributed by atoms with van der Waals surface area (Å²) in [6.07, 6.45) is 0.691. The van der Waals surface area contributed by atoms with Crippen molar-refractivity contribution >= 4 is 39.0 Å². The van der Waals surface area contributed by atoms with E-state index in [9.17, 15) is 14.7 Å². The van der Waals surface area contributed by atoms with Gasteiger partial charge in [-0.1, -0.05) is 41.7 Å². The largest absolute Gasteiger partial charge is 0.503 e. The molecule has 0 fully saturated rings. The Morgan fingerprint density at radius 1 is 1.17 bits per heavy atom. The Kier molecular flexibility index (Phi) is 6.27. The lowest BCUT2D eigenvalue weighted by molar-refractivity contribution is -0.129. The van der Waals surface area contributed by atoms with Gasteiger partial charge in [-0.05, 0) is 52.2 Å². The number of hydrogen-bond donors (Lipinski definition) is 1. The van der Waals surface area contributed by atoms with Gasteiger partial charge in [0.1, 0.15) is 5.75 Å². The number of methoxy groups -OCH3 is 1. The first-order valence-corrected chi connectivity index (χ1v) is 12.6. The van der Waals surface area contributed by atoms with Crippen molar-refractivity contribution in [2.24, 2.45) is 0 Å². The third-order valence-electron chi connectivity index (χ3n) is 6.58. The summed E-state index contributed by atoms with van der Waals surface area (Å²) in [4.78, 5) is 36.8. The molecule has 1 amide bonds. The minimum Gasteiger partial charge on any atom is -0.503 e. The van der Waals surface area contributed by atoms with Gasteiger partial charge in [-0.2, -0.15) is 0 Å². The number of fused-ring (bicyclic) bond motifs is 3. The molecule has 36 heavy (non-hydrogen) atoms. The molecule has 5 rings (SSSR count). The van der Waals surface area contributed by atoms with Crippen molar-refractivity contribution in [3.05, 3.63) is 76.0 Å². The molecular weight excluding hydrogens is 476 g/mol. The molecule has 2 aromatic heterocycles. The molecule has 1 aliphatic heterocycles. The second-order valence-corrected chi connectivity index (χ2v) is 10.1. The summed E-state index contributed by atoms with van der Waals surface area (Å²) in [7, 11) is 5.49. The third-order valence-corrected chi connectivity index (χ3v) is 7.72. The highest BCUT2D eigenvalue weighted by Gasteiger charge is 2.45. The van der Waals surface area contributed by atoms with Gasteiger partial charge >= 0.3 is 0 Å². The predicted molar refractivity (Wildman–Crippen MR) is 140 cm³/mol. The number of nitrogens with zero attached hydrogens (tertiary/aromatic N) is 4. The third kappa shape index (κ3) is 3.84. The molecular formula is C27H28N4O4S. The molecule has 1 aliphatic rings. The number of thiazole rings is 1. The van der Waals surface area contributed by atoms with Crippen molar-refractivity contribution in [3.63, 3.8) is 0 Å². The summed E-state index contributed by atoms with van der Waals surface area (Å²) in [6, 6.07) is 14.3. The molecule has 4 aromatic rings. The lowest BCUT2D eigenvalue weighted by Gasteiger charge is -2.28. The van der Waals surface area contributed by atoms with E-state index in [0.717, 1.165) is 23.3 Å². The maximum atomic E-state index is 14.1. The monoisotopic (exact) mass is 504 g/mol. The smallest absolute Gasteiger partial charge is 0.290 e. The van der Waals surface area contributed by atoms with E-state index < -0.39 is 17.7 Å². The number of imidazole rings is 1. The van der Waals surface area contributed by atoms with Crippen LogP contribution in [0.1, 0.15) is 33.4 Å². The molecule has 1 unspecified atom stereocenters. The highest BCUT2D eigenvalue weighted by molar-refractivity contribution is 7.19. The number of carbonyl (C=O) groups excluding carboxylic acids is 2. The summed E-state index contributed by atoms with van der Waals surface area (Å²) in [5.41, 5.74) is 3.23. The molecule has 3 heterocycles. The van der Waals surface area contributed by atoms with E-state index in [0.29, 0.717) is 34.1 Å². The van der Waals surface area contributed by atoms with Gasteiger partial charge in [-0.15, -0.1) is 0 Å². The van der Waals surface area contributed by atoms with Gasteiger partial charge in [0.25, 0.3) is 5.91 Å². The summed E-state index contributed by atoms with van der Waals surface area (Å²) in [5.74, 6) is -0.867. The quantitative estimate of drug-likeness (QED) is 0.358. The minimum absolute atomic E-state index is 0.0752. The van der Waals surface area contributed by atoms with E-state index in [1.807, 2.05) is 72.8 Å². The summed E-state index contributed by atoms with van der Waals surface area (Å²) in [6.45, 7) is 3.02. The van der Waals surface area contributed by atoms with E-state index in [-0.39, 0.29) is 11.4 Å². The number of amides is 1. The van der Waals surface area contributed by atoms with Crippen LogP contribution in [0.5, 0.6) is 5.75 Å². The molecule has 0 saturated heterocycles. The molecule has 1 N–H and O–H groups in total. The number of benzene rings is 2. The first-order valence-electron chi connectivity index (χ1n) is 11.8. The van der Waals surface area contributed by atoms with Gasteiger partial charge in [0.2, 0.25) is 5.78 Å². The zero-order valence-corrected chi connectivity index (χ0v) is 21.5. The van der Waals surface area contributed by atoms with Gasteiger partial charge in [0, 0.05) is 17.8 Å². The standard InChI is InChI=1S/C27H28N4O4S/c1-16-25(36-27-28-18-11-6-7-12-19(18)31(16)27)23(32)21-22(17-10-5-8-13-20(17)35-4)30(26(34)24(21)33)15-9-14-29(2)3/h5-8,10-13,22,33H,9,14-15H2,1-4H3. The van der Waals surface area contributed by atoms with E-state index >= 15 is 0 Å². The zero-order valence-electron chi connectivity index (χ0n) is 20.7. The van der Waals surface area contributed by atoms with Gasteiger partial charge in [-0.25, -0.2) is 4.98 Å². The summed E-state index contributed by atoms with van der Waals surface area (Å²) < 4.78 is 7.54. The highest BCUT2D eigenvalue weighted by atomic mass is 32.1. The number of Topliss-reactive ketones (excluding diaryl/α,β-unsaturated/α-hetero) is 1. The van der Waals surface area contributed by atoms with Crippen molar-refractivity contribution < 1.29 is 19.4 Å². The lowest BCUT2D eigenvalue weighted by atomic mass is 9.94. The van der Waals surface area contributed by atoms with Crippen molar-refractivity contribution in [3.8, 4) is 5.75 Å². The molecule has 0 aliphatic carbocycles. The van der Waals surface area contributed by atoms with E-state index in [1.54, 1.807) is 18.1 Å². The van der Waals surface area contributed by atoms with Crippen LogP contribution >= 0.6 is 11.3 Å². The lowest BCUT2D eigenvalue weighted by Crippen LogP contribution is -2.33. The average Bonchev–Trinajstić information content (AvgIpc) is 3.48. The molecule has 0 spiro atoms. The number of aliphatic hydroxyl groups is 1. The van der Waals surface area contributed by atoms with Crippen LogP contribution in [0.2, 0.25) is 0 Å². The van der Waals surface area contributed by atoms with Crippen molar-refractivity contribution in [1.29, 1.82) is 0 Å². The van der Waals surface area contributed by atoms with Crippen LogP contribution in [0.3, 0.4) is 0 Å². The number of para-hydroxylation sites is 3. The summed E-state index contributed by atoms with van der Waals surface area (Å²) >= 11 is 1.27. The first-order chi connectivity index (χ1) is 17.3. The fourth-order valence-electron chi connectivity index (χ4n) is 4.89. The van der Waals surface area contributed by atoms with E-state index in [1.165, 1.54) is 11.3 Å². The zero-order chi connectivity index (χ0) is 25.6. The van der Waals surface area contributed by atoms with Crippen LogP contribution in [0.4, 0.5) is 0 Å². The molecule has 0 saturated carbocycles. The van der Waals surface area contributed by atoms with Gasteiger partial charge < -0.3 is 19.6 Å². The van der Waals surface area contributed by atoms with Crippen molar-refractivity contribution in [1.82, 2.24) is 19.2 Å². The maximum absolute atomic E-state index is 14.1. The van der Waals surface area contributed by atoms with Gasteiger partial charge in [0.05, 0.1) is 34.6 Å². The van der Waals surface area contributed by atoms with E-state index in [2.05, 4.69) is 4.98 Å². The second-order valence-electron chi connectivity index (χ2n) is 9.13. The Hall–Kier alpha value is -3.69. The number of carbonyl (C=O) groups is 2. The second kappa shape index (κ2) is 9.40. The predicted octanol–water partition coefficient (Wildman–Crippen LogP) is 4.40. The molecule has 2 aromatic carbocycles. The van der Waals surface area contributed by atoms with Crippen molar-refractivity contribution in [2.45, 2.75) is 19.4 Å².